The second-order valence-electron chi connectivity index (χ2n) is 7.16. The van der Waals surface area contributed by atoms with E-state index in [1.807, 2.05) is 23.9 Å². The maximum atomic E-state index is 5.61. The fraction of sp³-hybridized carbons (Fsp3) is 0.368. The highest BCUT2D eigenvalue weighted by Crippen LogP contribution is 2.24. The van der Waals surface area contributed by atoms with E-state index in [1.165, 1.54) is 5.56 Å². The van der Waals surface area contributed by atoms with Crippen LogP contribution < -0.4 is 5.32 Å². The Balaban J connectivity index is 1.71. The average Bonchev–Trinajstić information content (AvgIpc) is 3.11. The number of oxazole rings is 1. The minimum atomic E-state index is 0.0317. The van der Waals surface area contributed by atoms with E-state index in [-0.39, 0.29) is 5.41 Å². The summed E-state index contributed by atoms with van der Waals surface area (Å²) in [6, 6.07) is 10.2. The Bertz CT molecular complexity index is 839. The lowest BCUT2D eigenvalue weighted by Gasteiger charge is -2.13. The van der Waals surface area contributed by atoms with Crippen LogP contribution in [0.4, 0.5) is 5.82 Å². The van der Waals surface area contributed by atoms with Crippen LogP contribution in [0.5, 0.6) is 0 Å². The van der Waals surface area contributed by atoms with Gasteiger partial charge >= 0.3 is 0 Å². The lowest BCUT2D eigenvalue weighted by molar-refractivity contribution is 0.553. The zero-order chi connectivity index (χ0) is 17.3. The van der Waals surface area contributed by atoms with Gasteiger partial charge in [-0.25, -0.2) is 4.98 Å². The van der Waals surface area contributed by atoms with Gasteiger partial charge in [0.15, 0.2) is 0 Å². The lowest BCUT2D eigenvalue weighted by Crippen LogP contribution is -2.12. The molecule has 0 unspecified atom stereocenters. The Morgan fingerprint density at radius 2 is 2.00 bits per heavy atom. The quantitative estimate of drug-likeness (QED) is 0.777. The number of nitrogens with one attached hydrogen (secondary N) is 1. The van der Waals surface area contributed by atoms with E-state index in [0.717, 1.165) is 22.8 Å². The van der Waals surface area contributed by atoms with Crippen LogP contribution in [0.15, 0.2) is 41.0 Å². The summed E-state index contributed by atoms with van der Waals surface area (Å²) in [6.45, 7) is 9.13. The Morgan fingerprint density at radius 1 is 1.21 bits per heavy atom. The van der Waals surface area contributed by atoms with Gasteiger partial charge in [0.1, 0.15) is 12.1 Å². The van der Waals surface area contributed by atoms with Crippen molar-refractivity contribution in [3.63, 3.8) is 0 Å². The highest BCUT2D eigenvalue weighted by Gasteiger charge is 2.19. The van der Waals surface area contributed by atoms with Gasteiger partial charge in [0.2, 0.25) is 5.89 Å². The van der Waals surface area contributed by atoms with Crippen LogP contribution in [0.3, 0.4) is 0 Å². The third kappa shape index (κ3) is 3.50. The molecule has 0 spiro atoms. The minimum absolute atomic E-state index is 0.0317. The van der Waals surface area contributed by atoms with E-state index in [9.17, 15) is 0 Å². The summed E-state index contributed by atoms with van der Waals surface area (Å²) in [5, 5.41) is 7.94. The highest BCUT2D eigenvalue weighted by molar-refractivity contribution is 5.54. The fourth-order valence-corrected chi connectivity index (χ4v) is 2.48. The van der Waals surface area contributed by atoms with Crippen LogP contribution in [-0.2, 0) is 19.0 Å². The van der Waals surface area contributed by atoms with E-state index in [4.69, 9.17) is 4.42 Å². The standard InChI is InChI=1S/C19H24N4O/c1-13-7-6-8-14(9-13)18-21-15(12-24-18)11-20-17-10-16(19(2,3)4)22-23(17)5/h6-10,12,20H,11H2,1-5H3. The summed E-state index contributed by atoms with van der Waals surface area (Å²) in [6.07, 6.45) is 1.70. The predicted molar refractivity (Wildman–Crippen MR) is 95.9 cm³/mol. The molecule has 0 radical (unpaired) electrons. The fourth-order valence-electron chi connectivity index (χ4n) is 2.48. The largest absolute Gasteiger partial charge is 0.444 e. The second kappa shape index (κ2) is 6.15. The van der Waals surface area contributed by atoms with Crippen LogP contribution in [0.25, 0.3) is 11.5 Å². The molecule has 0 amide bonds. The number of anilines is 1. The molecule has 0 aliphatic heterocycles. The molecule has 2 aromatic heterocycles. The molecule has 0 atom stereocenters. The molecule has 0 aliphatic carbocycles. The van der Waals surface area contributed by atoms with Crippen molar-refractivity contribution in [1.29, 1.82) is 0 Å². The molecule has 5 nitrogen and oxygen atoms in total. The molecule has 1 aromatic carbocycles. The Morgan fingerprint density at radius 3 is 2.67 bits per heavy atom. The molecule has 126 valence electrons. The van der Waals surface area contributed by atoms with Crippen molar-refractivity contribution in [3.05, 3.63) is 53.5 Å². The molecule has 3 rings (SSSR count). The first-order valence-corrected chi connectivity index (χ1v) is 8.13. The van der Waals surface area contributed by atoms with Gasteiger partial charge in [-0.1, -0.05) is 38.5 Å². The Hall–Kier alpha value is -2.56. The van der Waals surface area contributed by atoms with E-state index < -0.39 is 0 Å². The SMILES string of the molecule is Cc1cccc(-c2nc(CNc3cc(C(C)(C)C)nn3C)co2)c1. The smallest absolute Gasteiger partial charge is 0.226 e. The third-order valence-electron chi connectivity index (χ3n) is 3.92. The first-order valence-electron chi connectivity index (χ1n) is 8.13. The number of nitrogens with zero attached hydrogens (tertiary/aromatic N) is 3. The summed E-state index contributed by atoms with van der Waals surface area (Å²) in [5.74, 6) is 1.62. The second-order valence-corrected chi connectivity index (χ2v) is 7.16. The van der Waals surface area contributed by atoms with Crippen LogP contribution in [0, 0.1) is 6.92 Å². The van der Waals surface area contributed by atoms with Crippen molar-refractivity contribution in [2.75, 3.05) is 5.32 Å². The Kier molecular flexibility index (Phi) is 4.18. The van der Waals surface area contributed by atoms with Gasteiger partial charge in [0.05, 0.1) is 17.9 Å². The summed E-state index contributed by atoms with van der Waals surface area (Å²) in [5.41, 5.74) is 4.15. The lowest BCUT2D eigenvalue weighted by atomic mass is 9.92. The van der Waals surface area contributed by atoms with Crippen molar-refractivity contribution in [1.82, 2.24) is 14.8 Å². The van der Waals surface area contributed by atoms with Gasteiger partial charge in [-0.15, -0.1) is 0 Å². The summed E-state index contributed by atoms with van der Waals surface area (Å²) in [7, 11) is 1.94. The number of benzene rings is 1. The molecule has 5 heteroatoms. The third-order valence-corrected chi connectivity index (χ3v) is 3.92. The van der Waals surface area contributed by atoms with Gasteiger partial charge in [-0.2, -0.15) is 5.10 Å². The number of aromatic nitrogens is 3. The highest BCUT2D eigenvalue weighted by atomic mass is 16.3. The Labute approximate surface area is 142 Å². The molecule has 3 aromatic rings. The van der Waals surface area contributed by atoms with Gasteiger partial charge in [0.25, 0.3) is 0 Å². The van der Waals surface area contributed by atoms with E-state index in [1.54, 1.807) is 6.26 Å². The molecule has 0 aliphatic rings. The summed E-state index contributed by atoms with van der Waals surface area (Å²) >= 11 is 0. The summed E-state index contributed by atoms with van der Waals surface area (Å²) < 4.78 is 7.47. The predicted octanol–water partition coefficient (Wildman–Crippen LogP) is 4.29. The average molecular weight is 324 g/mol. The number of hydrogen-bond acceptors (Lipinski definition) is 4. The van der Waals surface area contributed by atoms with E-state index >= 15 is 0 Å². The molecule has 0 saturated heterocycles. The van der Waals surface area contributed by atoms with Gasteiger partial charge < -0.3 is 9.73 Å². The molecular weight excluding hydrogens is 300 g/mol. The number of hydrogen-bond donors (Lipinski definition) is 1. The number of rotatable bonds is 4. The van der Waals surface area contributed by atoms with Crippen molar-refractivity contribution in [2.24, 2.45) is 7.05 Å². The normalized spacial score (nSPS) is 11.7. The zero-order valence-electron chi connectivity index (χ0n) is 14.9. The molecule has 24 heavy (non-hydrogen) atoms. The maximum absolute atomic E-state index is 5.61. The van der Waals surface area contributed by atoms with E-state index in [0.29, 0.717) is 12.4 Å². The van der Waals surface area contributed by atoms with Crippen LogP contribution >= 0.6 is 0 Å². The molecule has 0 bridgehead atoms. The van der Waals surface area contributed by atoms with Crippen molar-refractivity contribution < 1.29 is 4.42 Å². The molecule has 2 heterocycles. The molecular formula is C19H24N4O. The van der Waals surface area contributed by atoms with Gasteiger partial charge in [-0.05, 0) is 19.1 Å². The van der Waals surface area contributed by atoms with Gasteiger partial charge in [-0.3, -0.25) is 4.68 Å². The first kappa shape index (κ1) is 16.3. The van der Waals surface area contributed by atoms with Crippen LogP contribution in [0.1, 0.15) is 37.7 Å². The first-order chi connectivity index (χ1) is 11.3. The molecule has 0 fully saturated rings. The monoisotopic (exact) mass is 324 g/mol. The molecule has 1 N–H and O–H groups in total. The van der Waals surface area contributed by atoms with Crippen molar-refractivity contribution in [2.45, 2.75) is 39.7 Å². The van der Waals surface area contributed by atoms with Crippen molar-refractivity contribution >= 4 is 5.82 Å². The summed E-state index contributed by atoms with van der Waals surface area (Å²) in [4.78, 5) is 4.56. The molecule has 0 saturated carbocycles. The van der Waals surface area contributed by atoms with E-state index in [2.05, 4.69) is 61.3 Å². The number of aryl methyl sites for hydroxylation is 2. The van der Waals surface area contributed by atoms with Crippen molar-refractivity contribution in [3.8, 4) is 11.5 Å². The van der Waals surface area contributed by atoms with Crippen LogP contribution in [0.2, 0.25) is 0 Å². The topological polar surface area (TPSA) is 55.9 Å². The maximum Gasteiger partial charge on any atom is 0.226 e. The minimum Gasteiger partial charge on any atom is -0.444 e. The zero-order valence-corrected chi connectivity index (χ0v) is 14.9. The van der Waals surface area contributed by atoms with Crippen LogP contribution in [-0.4, -0.2) is 14.8 Å². The van der Waals surface area contributed by atoms with Gasteiger partial charge in [0, 0.05) is 24.1 Å².